The summed E-state index contributed by atoms with van der Waals surface area (Å²) in [5, 5.41) is 7.30. The summed E-state index contributed by atoms with van der Waals surface area (Å²) in [6.07, 6.45) is 8.83. The Hall–Kier alpha value is -6.98. The number of likely N-dealkylation sites (N-methyl/N-ethyl adjacent to an activating group) is 1. The molecule has 0 bridgehead atoms. The maximum absolute atomic E-state index is 15.0. The Morgan fingerprint density at radius 3 is 1.89 bits per heavy atom. The van der Waals surface area contributed by atoms with Crippen LogP contribution in [0.25, 0.3) is 21.5 Å². The van der Waals surface area contributed by atoms with Gasteiger partial charge in [-0.1, -0.05) is 44.6 Å². The summed E-state index contributed by atoms with van der Waals surface area (Å²) in [6, 6.07) is 11.5. The van der Waals surface area contributed by atoms with Gasteiger partial charge in [-0.3, -0.25) is 37.4 Å². The van der Waals surface area contributed by atoms with E-state index in [1.807, 2.05) is 55.4 Å². The second kappa shape index (κ2) is 23.1. The summed E-state index contributed by atoms with van der Waals surface area (Å²) >= 11 is 0. The summed E-state index contributed by atoms with van der Waals surface area (Å²) in [7, 11) is -19.3. The SMILES string of the molecule is CCN1/C(=C/C=C2C=C(/C=C/C3=[N+](CC)c4ccc5c(C)cc(S(=O)(=O)O)cc5c4C3(C)C)CC(C(=O)NCCCCCC(=O)ON3C(=O)CCC3=O)(C(=O)NCCS(=O)(=O)O)C/2)C(C)(C)c2c1ccc1c(S(=O)(=O)O)cc(S(=O)(=O)O)cc21. The van der Waals surface area contributed by atoms with Crippen LogP contribution < -0.4 is 15.5 Å². The molecular weight excluding hydrogens is 1170 g/mol. The van der Waals surface area contributed by atoms with Crippen molar-refractivity contribution in [2.75, 3.05) is 36.8 Å². The molecule has 0 aromatic heterocycles. The molecule has 3 aliphatic heterocycles. The molecule has 6 N–H and O–H groups in total. The zero-order valence-corrected chi connectivity index (χ0v) is 50.4. The van der Waals surface area contributed by atoms with Gasteiger partial charge in [0.05, 0.1) is 21.0 Å². The molecule has 27 heteroatoms. The first-order valence-electron chi connectivity index (χ1n) is 27.0. The average molecular weight is 1240 g/mol. The molecule has 0 saturated carbocycles. The van der Waals surface area contributed by atoms with Crippen LogP contribution in [0.15, 0.2) is 110 Å². The standard InChI is InChI=1S/C57H65N5O18S4/c1-8-60-43-18-16-39-34(3)27-37(82(71,72)73)29-41(39)51(43)55(4,5)46(60)20-14-35-28-36(15-21-47-56(6,7)52-42-30-38(83(74,75)76)31-45(84(77,78)79)40(42)17-19-44(52)61(47)9-2)33-57(32-35,54(67)59-25-26-81(68,69)70)53(66)58-24-12-10-11-13-50(65)80-62-48(63)22-23-49(62)64/h14-21,27-31H,8-13,22-26,32-33H2,1-7H3,(H5-,58,59,66,67,68,69,70,71,72,73,74,75,76,77,78,79)/p+1. The fourth-order valence-electron chi connectivity index (χ4n) is 12.0. The van der Waals surface area contributed by atoms with Crippen LogP contribution in [-0.4, -0.2) is 129 Å². The van der Waals surface area contributed by atoms with Crippen molar-refractivity contribution in [2.24, 2.45) is 5.41 Å². The molecule has 1 fully saturated rings. The monoisotopic (exact) mass is 1240 g/mol. The van der Waals surface area contributed by atoms with E-state index in [9.17, 15) is 71.1 Å². The summed E-state index contributed by atoms with van der Waals surface area (Å²) < 4.78 is 142. The van der Waals surface area contributed by atoms with E-state index in [-0.39, 0.29) is 67.2 Å². The lowest BCUT2D eigenvalue weighted by molar-refractivity contribution is -0.433. The highest BCUT2D eigenvalue weighted by molar-refractivity contribution is 7.87. The Labute approximate surface area is 487 Å². The molecule has 1 saturated heterocycles. The number of imide groups is 1. The third-order valence-corrected chi connectivity index (χ3v) is 19.2. The summed E-state index contributed by atoms with van der Waals surface area (Å²) in [5.41, 5.74) is 1.34. The highest BCUT2D eigenvalue weighted by Gasteiger charge is 2.50. The van der Waals surface area contributed by atoms with Gasteiger partial charge in [0.2, 0.25) is 17.5 Å². The number of anilines is 1. The first-order chi connectivity index (χ1) is 39.0. The lowest BCUT2D eigenvalue weighted by Crippen LogP contribution is -2.53. The second-order valence-electron chi connectivity index (χ2n) is 22.3. The van der Waals surface area contributed by atoms with Gasteiger partial charge in [0.15, 0.2) is 5.71 Å². The van der Waals surface area contributed by atoms with Crippen LogP contribution in [0.2, 0.25) is 0 Å². The van der Waals surface area contributed by atoms with Gasteiger partial charge in [-0.2, -0.15) is 38.2 Å². The molecule has 450 valence electrons. The molecule has 4 amide bonds. The lowest BCUT2D eigenvalue weighted by Gasteiger charge is -2.35. The number of aryl methyl sites for hydroxylation is 1. The predicted molar refractivity (Wildman–Crippen MR) is 310 cm³/mol. The van der Waals surface area contributed by atoms with E-state index in [4.69, 9.17) is 4.84 Å². The third-order valence-electron chi connectivity index (χ3n) is 15.9. The molecule has 1 atom stereocenters. The fraction of sp³-hybridized carbons (Fsp3) is 0.404. The Morgan fingerprint density at radius 2 is 1.30 bits per heavy atom. The number of allylic oxidation sites excluding steroid dienone is 8. The van der Waals surface area contributed by atoms with E-state index < -0.39 is 108 Å². The van der Waals surface area contributed by atoms with Crippen molar-refractivity contribution in [1.29, 1.82) is 0 Å². The van der Waals surface area contributed by atoms with Gasteiger partial charge in [0.25, 0.3) is 52.3 Å². The molecule has 1 unspecified atom stereocenters. The van der Waals surface area contributed by atoms with Gasteiger partial charge < -0.3 is 20.4 Å². The van der Waals surface area contributed by atoms with Crippen LogP contribution in [0.3, 0.4) is 0 Å². The van der Waals surface area contributed by atoms with Crippen LogP contribution >= 0.6 is 0 Å². The maximum atomic E-state index is 15.0. The molecule has 4 aromatic rings. The van der Waals surface area contributed by atoms with Gasteiger partial charge >= 0.3 is 5.97 Å². The number of carbonyl (C=O) groups excluding carboxylic acids is 5. The molecule has 4 aromatic carbocycles. The Bertz CT molecular complexity index is 4130. The van der Waals surface area contributed by atoms with Crippen molar-refractivity contribution in [1.82, 2.24) is 15.7 Å². The number of amides is 4. The highest BCUT2D eigenvalue weighted by Crippen LogP contribution is 2.52. The number of hydrogen-bond donors (Lipinski definition) is 6. The molecule has 0 radical (unpaired) electrons. The molecule has 1 aliphatic carbocycles. The minimum absolute atomic E-state index is 0.0119. The number of carbonyl (C=O) groups is 5. The van der Waals surface area contributed by atoms with Crippen LogP contribution in [0.1, 0.15) is 110 Å². The van der Waals surface area contributed by atoms with Crippen molar-refractivity contribution < 1.29 is 85.3 Å². The van der Waals surface area contributed by atoms with Gasteiger partial charge in [-0.05, 0) is 141 Å². The van der Waals surface area contributed by atoms with Gasteiger partial charge in [-0.15, -0.1) is 5.06 Å². The topological polar surface area (TPSA) is 346 Å². The summed E-state index contributed by atoms with van der Waals surface area (Å²) in [5.74, 6) is -4.59. The zero-order chi connectivity index (χ0) is 61.9. The van der Waals surface area contributed by atoms with E-state index >= 15 is 4.79 Å². The number of nitrogens with zero attached hydrogens (tertiary/aromatic N) is 3. The van der Waals surface area contributed by atoms with E-state index in [0.29, 0.717) is 69.7 Å². The fourth-order valence-corrected chi connectivity index (χ4v) is 14.3. The van der Waals surface area contributed by atoms with E-state index in [0.717, 1.165) is 28.4 Å². The number of hydroxylamine groups is 2. The smallest absolute Gasteiger partial charge is 0.333 e. The minimum atomic E-state index is -5.04. The van der Waals surface area contributed by atoms with Crippen LogP contribution in [0, 0.1) is 12.3 Å². The number of unbranched alkanes of at least 4 members (excludes halogenated alkanes) is 2. The first-order valence-corrected chi connectivity index (χ1v) is 32.9. The average Bonchev–Trinajstić information content (AvgIpc) is 1.95. The minimum Gasteiger partial charge on any atom is -0.355 e. The first kappa shape index (κ1) is 63.1. The van der Waals surface area contributed by atoms with Crippen molar-refractivity contribution in [3.05, 3.63) is 112 Å². The number of nitrogens with one attached hydrogen (secondary N) is 2. The van der Waals surface area contributed by atoms with E-state index in [1.165, 1.54) is 18.2 Å². The van der Waals surface area contributed by atoms with Gasteiger partial charge in [0.1, 0.15) is 16.9 Å². The van der Waals surface area contributed by atoms with Crippen molar-refractivity contribution in [2.45, 2.75) is 125 Å². The van der Waals surface area contributed by atoms with Crippen molar-refractivity contribution in [3.63, 3.8) is 0 Å². The van der Waals surface area contributed by atoms with E-state index in [1.54, 1.807) is 51.1 Å². The van der Waals surface area contributed by atoms with Crippen molar-refractivity contribution >= 4 is 109 Å². The van der Waals surface area contributed by atoms with Crippen molar-refractivity contribution in [3.8, 4) is 0 Å². The van der Waals surface area contributed by atoms with Gasteiger partial charge in [0, 0.05) is 78.8 Å². The molecule has 4 aliphatic rings. The largest absolute Gasteiger partial charge is 0.355 e. The van der Waals surface area contributed by atoms with E-state index in [2.05, 4.69) is 10.6 Å². The van der Waals surface area contributed by atoms with Crippen LogP contribution in [-0.2, 0) is 80.1 Å². The molecule has 23 nitrogen and oxygen atoms in total. The molecule has 3 heterocycles. The Morgan fingerprint density at radius 1 is 0.690 bits per heavy atom. The highest BCUT2D eigenvalue weighted by atomic mass is 32.2. The quantitative estimate of drug-likeness (QED) is 0.0178. The Kier molecular flexibility index (Phi) is 17.4. The normalized spacial score (nSPS) is 19.9. The molecule has 8 rings (SSSR count). The van der Waals surface area contributed by atoms with Gasteiger partial charge in [-0.25, -0.2) is 4.79 Å². The zero-order valence-electron chi connectivity index (χ0n) is 47.2. The number of benzene rings is 4. The molecule has 0 spiro atoms. The predicted octanol–water partition coefficient (Wildman–Crippen LogP) is 6.62. The third kappa shape index (κ3) is 12.4. The summed E-state index contributed by atoms with van der Waals surface area (Å²) in [4.78, 5) is 71.4. The number of rotatable bonds is 20. The second-order valence-corrected chi connectivity index (χ2v) is 28.1. The lowest BCUT2D eigenvalue weighted by atomic mass is 9.70. The Balaban J connectivity index is 1.22. The maximum Gasteiger partial charge on any atom is 0.333 e. The molecular formula is C57H66N5O18S4+. The molecule has 84 heavy (non-hydrogen) atoms. The van der Waals surface area contributed by atoms with Crippen LogP contribution in [0.5, 0.6) is 0 Å². The summed E-state index contributed by atoms with van der Waals surface area (Å²) in [6.45, 7) is 13.2. The number of hydrogen-bond acceptors (Lipinski definition) is 15. The number of fused-ring (bicyclic) bond motifs is 6. The van der Waals surface area contributed by atoms with Crippen LogP contribution in [0.4, 0.5) is 11.4 Å².